The predicted octanol–water partition coefficient (Wildman–Crippen LogP) is 2.85. The summed E-state index contributed by atoms with van der Waals surface area (Å²) in [4.78, 5) is 25.8. The number of nitro benzene ring substituents is 1. The molecule has 136 valence electrons. The first kappa shape index (κ1) is 17.8. The molecule has 0 aliphatic carbocycles. The van der Waals surface area contributed by atoms with E-state index >= 15 is 0 Å². The normalized spacial score (nSPS) is 15.1. The van der Waals surface area contributed by atoms with Crippen LogP contribution in [0, 0.1) is 15.9 Å². The van der Waals surface area contributed by atoms with Crippen molar-refractivity contribution in [3.05, 3.63) is 57.9 Å². The van der Waals surface area contributed by atoms with Crippen LogP contribution >= 0.6 is 0 Å². The van der Waals surface area contributed by atoms with Gasteiger partial charge >= 0.3 is 5.97 Å². The lowest BCUT2D eigenvalue weighted by Crippen LogP contribution is -2.44. The fraction of sp³-hybridized carbons (Fsp3) is 0.278. The zero-order valence-corrected chi connectivity index (χ0v) is 14.2. The van der Waals surface area contributed by atoms with E-state index in [9.17, 15) is 19.3 Å². The largest absolute Gasteiger partial charge is 0.477 e. The minimum atomic E-state index is -1.53. The molecule has 1 N–H and O–H groups in total. The van der Waals surface area contributed by atoms with Crippen LogP contribution in [0.25, 0.3) is 11.1 Å². The van der Waals surface area contributed by atoms with Gasteiger partial charge in [0.25, 0.3) is 5.69 Å². The van der Waals surface area contributed by atoms with Crippen molar-refractivity contribution in [2.24, 2.45) is 0 Å². The van der Waals surface area contributed by atoms with E-state index in [0.717, 1.165) is 37.9 Å². The summed E-state index contributed by atoms with van der Waals surface area (Å²) in [5.74, 6) is -2.34. The van der Waals surface area contributed by atoms with Gasteiger partial charge in [0.1, 0.15) is 11.4 Å². The molecule has 0 radical (unpaired) electrons. The molecule has 3 rings (SSSR count). The van der Waals surface area contributed by atoms with E-state index in [0.29, 0.717) is 11.6 Å². The molecule has 1 saturated heterocycles. The van der Waals surface area contributed by atoms with Gasteiger partial charge < -0.3 is 14.9 Å². The number of halogens is 1. The van der Waals surface area contributed by atoms with Crippen molar-refractivity contribution >= 4 is 17.3 Å². The highest BCUT2D eigenvalue weighted by atomic mass is 19.1. The van der Waals surface area contributed by atoms with Crippen LogP contribution in [-0.2, 0) is 0 Å². The first-order valence-electron chi connectivity index (χ1n) is 8.12. The van der Waals surface area contributed by atoms with Crippen molar-refractivity contribution in [2.45, 2.75) is 0 Å². The fourth-order valence-corrected chi connectivity index (χ4v) is 3.02. The maximum Gasteiger partial charge on any atom is 0.342 e. The fourth-order valence-electron chi connectivity index (χ4n) is 3.02. The molecule has 8 heteroatoms. The maximum absolute atomic E-state index is 14.3. The van der Waals surface area contributed by atoms with E-state index in [4.69, 9.17) is 5.11 Å². The molecular formula is C18H18FN3O4. The lowest BCUT2D eigenvalue weighted by atomic mass is 10.0. The summed E-state index contributed by atoms with van der Waals surface area (Å²) in [7, 11) is 2.07. The number of benzene rings is 2. The number of hydrogen-bond acceptors (Lipinski definition) is 5. The molecule has 26 heavy (non-hydrogen) atoms. The summed E-state index contributed by atoms with van der Waals surface area (Å²) in [5, 5.41) is 20.1. The molecule has 0 unspecified atom stereocenters. The van der Waals surface area contributed by atoms with E-state index < -0.39 is 28.0 Å². The van der Waals surface area contributed by atoms with Gasteiger partial charge in [-0.05, 0) is 30.8 Å². The molecule has 2 aromatic rings. The number of rotatable bonds is 4. The van der Waals surface area contributed by atoms with Crippen LogP contribution < -0.4 is 4.90 Å². The van der Waals surface area contributed by atoms with E-state index in [1.165, 1.54) is 0 Å². The van der Waals surface area contributed by atoms with E-state index in [-0.39, 0.29) is 5.56 Å². The standard InChI is InChI=1S/C18H18FN3O4/c1-20-6-8-21(9-7-20)13-4-2-12(3-5-13)14-11-17(22(25)26)15(18(23)24)10-16(14)19/h2-5,10-11H,6-9H2,1H3,(H,23,24). The van der Waals surface area contributed by atoms with Crippen LogP contribution in [-0.4, -0.2) is 54.1 Å². The van der Waals surface area contributed by atoms with Gasteiger partial charge in [-0.25, -0.2) is 9.18 Å². The second kappa shape index (κ2) is 7.09. The Morgan fingerprint density at radius 3 is 2.31 bits per heavy atom. The minimum absolute atomic E-state index is 0.00614. The van der Waals surface area contributed by atoms with Crippen LogP contribution in [0.15, 0.2) is 36.4 Å². The summed E-state index contributed by atoms with van der Waals surface area (Å²) in [5.41, 5.74) is 0.174. The molecule has 1 aliphatic rings. The first-order chi connectivity index (χ1) is 12.4. The van der Waals surface area contributed by atoms with Crippen molar-refractivity contribution in [1.29, 1.82) is 0 Å². The van der Waals surface area contributed by atoms with Crippen molar-refractivity contribution in [3.8, 4) is 11.1 Å². The average molecular weight is 359 g/mol. The van der Waals surface area contributed by atoms with E-state index in [1.54, 1.807) is 12.1 Å². The van der Waals surface area contributed by atoms with Gasteiger partial charge in [-0.15, -0.1) is 0 Å². The highest BCUT2D eigenvalue weighted by molar-refractivity contribution is 5.93. The Morgan fingerprint density at radius 2 is 1.77 bits per heavy atom. The van der Waals surface area contributed by atoms with Gasteiger partial charge in [0.15, 0.2) is 0 Å². The van der Waals surface area contributed by atoms with Crippen LogP contribution in [0.5, 0.6) is 0 Å². The van der Waals surface area contributed by atoms with Gasteiger partial charge in [-0.1, -0.05) is 12.1 Å². The second-order valence-corrected chi connectivity index (χ2v) is 6.25. The smallest absolute Gasteiger partial charge is 0.342 e. The maximum atomic E-state index is 14.3. The lowest BCUT2D eigenvalue weighted by Gasteiger charge is -2.34. The molecule has 1 fully saturated rings. The van der Waals surface area contributed by atoms with Gasteiger partial charge in [0, 0.05) is 43.5 Å². The molecule has 0 saturated carbocycles. The topological polar surface area (TPSA) is 86.9 Å². The molecule has 0 aromatic heterocycles. The molecule has 1 aliphatic heterocycles. The molecule has 0 bridgehead atoms. The molecule has 2 aromatic carbocycles. The van der Waals surface area contributed by atoms with Crippen molar-refractivity contribution in [3.63, 3.8) is 0 Å². The van der Waals surface area contributed by atoms with Gasteiger partial charge in [-0.2, -0.15) is 0 Å². The quantitative estimate of drug-likeness (QED) is 0.667. The van der Waals surface area contributed by atoms with E-state index in [1.807, 2.05) is 12.1 Å². The number of carboxylic acid groups (broad SMARTS) is 1. The van der Waals surface area contributed by atoms with Gasteiger partial charge in [0.2, 0.25) is 0 Å². The molecule has 1 heterocycles. The molecule has 0 amide bonds. The number of aromatic carboxylic acids is 1. The third kappa shape index (κ3) is 3.50. The third-order valence-electron chi connectivity index (χ3n) is 4.56. The van der Waals surface area contributed by atoms with Crippen molar-refractivity contribution in [1.82, 2.24) is 4.90 Å². The third-order valence-corrected chi connectivity index (χ3v) is 4.56. The highest BCUT2D eigenvalue weighted by Crippen LogP contribution is 2.31. The van der Waals surface area contributed by atoms with Crippen LogP contribution in [0.3, 0.4) is 0 Å². The van der Waals surface area contributed by atoms with Crippen LogP contribution in [0.2, 0.25) is 0 Å². The summed E-state index contributed by atoms with van der Waals surface area (Å²) in [6.07, 6.45) is 0. The zero-order chi connectivity index (χ0) is 18.8. The van der Waals surface area contributed by atoms with Crippen LogP contribution in [0.4, 0.5) is 15.8 Å². The first-order valence-corrected chi connectivity index (χ1v) is 8.12. The Hall–Kier alpha value is -3.00. The summed E-state index contributed by atoms with van der Waals surface area (Å²) in [6.45, 7) is 3.70. The second-order valence-electron chi connectivity index (χ2n) is 6.25. The Labute approximate surface area is 149 Å². The Bertz CT molecular complexity index is 846. The summed E-state index contributed by atoms with van der Waals surface area (Å²) >= 11 is 0. The van der Waals surface area contributed by atoms with E-state index in [2.05, 4.69) is 16.8 Å². The number of piperazine rings is 1. The summed E-state index contributed by atoms with van der Waals surface area (Å²) < 4.78 is 14.3. The average Bonchev–Trinajstić information content (AvgIpc) is 2.62. The van der Waals surface area contributed by atoms with Gasteiger partial charge in [0.05, 0.1) is 4.92 Å². The summed E-state index contributed by atoms with van der Waals surface area (Å²) in [6, 6.07) is 8.74. The number of carbonyl (C=O) groups is 1. The Morgan fingerprint density at radius 1 is 1.15 bits per heavy atom. The Kier molecular flexibility index (Phi) is 4.85. The number of nitrogens with zero attached hydrogens (tertiary/aromatic N) is 3. The van der Waals surface area contributed by atoms with Crippen molar-refractivity contribution in [2.75, 3.05) is 38.1 Å². The molecule has 0 spiro atoms. The zero-order valence-electron chi connectivity index (χ0n) is 14.2. The number of carboxylic acids is 1. The van der Waals surface area contributed by atoms with Crippen LogP contribution in [0.1, 0.15) is 10.4 Å². The minimum Gasteiger partial charge on any atom is -0.477 e. The Balaban J connectivity index is 1.93. The monoisotopic (exact) mass is 359 g/mol. The number of anilines is 1. The number of likely N-dealkylation sites (N-methyl/N-ethyl adjacent to an activating group) is 1. The molecule has 0 atom stereocenters. The van der Waals surface area contributed by atoms with Gasteiger partial charge in [-0.3, -0.25) is 10.1 Å². The highest BCUT2D eigenvalue weighted by Gasteiger charge is 2.24. The SMILES string of the molecule is CN1CCN(c2ccc(-c3cc([N+](=O)[O-])c(C(=O)O)cc3F)cc2)CC1. The molecule has 7 nitrogen and oxygen atoms in total. The molecular weight excluding hydrogens is 341 g/mol. The predicted molar refractivity (Wildman–Crippen MR) is 95.2 cm³/mol. The number of hydrogen-bond donors (Lipinski definition) is 1. The number of nitro groups is 1. The lowest BCUT2D eigenvalue weighted by molar-refractivity contribution is -0.385. The van der Waals surface area contributed by atoms with Crippen molar-refractivity contribution < 1.29 is 19.2 Å².